The number of benzene rings is 2. The molecule has 0 spiro atoms. The molecule has 0 aliphatic rings. The van der Waals surface area contributed by atoms with Crippen LogP contribution in [0.2, 0.25) is 10.0 Å². The molecule has 9 heteroatoms. The molecule has 0 aliphatic heterocycles. The number of carbonyl (C=O) groups excluding carboxylic acids is 1. The van der Waals surface area contributed by atoms with Crippen molar-refractivity contribution in [1.29, 1.82) is 0 Å². The summed E-state index contributed by atoms with van der Waals surface area (Å²) in [6, 6.07) is 7.91. The van der Waals surface area contributed by atoms with Crippen molar-refractivity contribution >= 4 is 34.8 Å². The van der Waals surface area contributed by atoms with Crippen LogP contribution in [0.3, 0.4) is 0 Å². The summed E-state index contributed by atoms with van der Waals surface area (Å²) in [5.74, 6) is -2.56. The van der Waals surface area contributed by atoms with Crippen LogP contribution in [-0.2, 0) is 14.3 Å². The Kier molecular flexibility index (Phi) is 9.26. The molecule has 158 valence electrons. The fourth-order valence-electron chi connectivity index (χ4n) is 2.83. The van der Waals surface area contributed by atoms with E-state index in [2.05, 4.69) is 5.32 Å². The summed E-state index contributed by atoms with van der Waals surface area (Å²) < 4.78 is 37.9. The van der Waals surface area contributed by atoms with Gasteiger partial charge in [0.2, 0.25) is 5.91 Å². The maximum absolute atomic E-state index is 14.2. The van der Waals surface area contributed by atoms with E-state index in [1.54, 1.807) is 18.2 Å². The predicted octanol–water partition coefficient (Wildman–Crippen LogP) is 4.96. The average molecular weight is 448 g/mol. The Hall–Kier alpha value is -1.77. The number of halogens is 4. The van der Waals surface area contributed by atoms with Gasteiger partial charge in [-0.1, -0.05) is 35.3 Å². The number of para-hydroxylation sites is 1. The molecule has 0 bridgehead atoms. The van der Waals surface area contributed by atoms with E-state index < -0.39 is 23.7 Å². The smallest absolute Gasteiger partial charge is 0.224 e. The molecule has 5 nitrogen and oxygen atoms in total. The molecule has 0 fully saturated rings. The first-order valence-corrected chi connectivity index (χ1v) is 9.53. The number of aliphatic hydroxyl groups is 1. The third-order valence-corrected chi connectivity index (χ3v) is 4.90. The number of amides is 1. The van der Waals surface area contributed by atoms with Gasteiger partial charge in [0.25, 0.3) is 0 Å². The molecular weight excluding hydrogens is 427 g/mol. The Morgan fingerprint density at radius 3 is 2.48 bits per heavy atom. The van der Waals surface area contributed by atoms with Crippen LogP contribution in [0.5, 0.6) is 0 Å². The van der Waals surface area contributed by atoms with Crippen LogP contribution in [0, 0.1) is 17.6 Å². The lowest BCUT2D eigenvalue weighted by Gasteiger charge is -2.26. The Bertz CT molecular complexity index is 818. The molecule has 29 heavy (non-hydrogen) atoms. The standard InChI is InChI=1S/C20H21Cl2F2NO4/c1-28-11-29-20(14-7-6-13(23)9-17(14)24)12(10-26)5-8-18(27)25-19-15(21)3-2-4-16(19)22/h2-4,6-7,9,12,20,26H,5,8,10-11H2,1H3,(H,25,27). The van der Waals surface area contributed by atoms with E-state index in [-0.39, 0.29) is 43.4 Å². The number of hydrogen-bond donors (Lipinski definition) is 2. The van der Waals surface area contributed by atoms with Crippen LogP contribution in [-0.4, -0.2) is 31.5 Å². The third kappa shape index (κ3) is 6.62. The van der Waals surface area contributed by atoms with Crippen molar-refractivity contribution in [3.05, 3.63) is 63.6 Å². The van der Waals surface area contributed by atoms with E-state index in [1.807, 2.05) is 0 Å². The summed E-state index contributed by atoms with van der Waals surface area (Å²) in [4.78, 5) is 12.3. The zero-order valence-corrected chi connectivity index (χ0v) is 17.1. The minimum absolute atomic E-state index is 0.0115. The first-order chi connectivity index (χ1) is 13.9. The monoisotopic (exact) mass is 447 g/mol. The van der Waals surface area contributed by atoms with E-state index in [4.69, 9.17) is 32.7 Å². The molecule has 2 rings (SSSR count). The summed E-state index contributed by atoms with van der Waals surface area (Å²) in [7, 11) is 1.40. The number of rotatable bonds is 10. The van der Waals surface area contributed by atoms with Crippen LogP contribution >= 0.6 is 23.2 Å². The van der Waals surface area contributed by atoms with Crippen molar-refractivity contribution in [2.75, 3.05) is 25.8 Å². The second-order valence-corrected chi connectivity index (χ2v) is 7.10. The van der Waals surface area contributed by atoms with Crippen LogP contribution < -0.4 is 5.32 Å². The van der Waals surface area contributed by atoms with Crippen molar-refractivity contribution in [1.82, 2.24) is 0 Å². The fourth-order valence-corrected chi connectivity index (χ4v) is 3.32. The van der Waals surface area contributed by atoms with E-state index in [0.29, 0.717) is 10.0 Å². The van der Waals surface area contributed by atoms with Crippen molar-refractivity contribution in [2.24, 2.45) is 5.92 Å². The molecule has 0 aromatic heterocycles. The summed E-state index contributed by atoms with van der Waals surface area (Å²) in [6.45, 7) is -0.551. The molecule has 2 aromatic carbocycles. The molecule has 2 atom stereocenters. The van der Waals surface area contributed by atoms with Crippen molar-refractivity contribution in [2.45, 2.75) is 18.9 Å². The lowest BCUT2D eigenvalue weighted by atomic mass is 9.91. The van der Waals surface area contributed by atoms with Gasteiger partial charge in [-0.25, -0.2) is 8.78 Å². The molecule has 0 aliphatic carbocycles. The number of aliphatic hydroxyl groups excluding tert-OH is 1. The molecule has 0 heterocycles. The van der Waals surface area contributed by atoms with Crippen molar-refractivity contribution in [3.8, 4) is 0 Å². The first-order valence-electron chi connectivity index (χ1n) is 8.77. The van der Waals surface area contributed by atoms with Crippen molar-refractivity contribution < 1.29 is 28.2 Å². The van der Waals surface area contributed by atoms with Crippen LogP contribution in [0.25, 0.3) is 0 Å². The number of methoxy groups -OCH3 is 1. The van der Waals surface area contributed by atoms with Crippen molar-refractivity contribution in [3.63, 3.8) is 0 Å². The van der Waals surface area contributed by atoms with Gasteiger partial charge in [-0.2, -0.15) is 0 Å². The zero-order chi connectivity index (χ0) is 21.4. The summed E-state index contributed by atoms with van der Waals surface area (Å²) >= 11 is 12.1. The Morgan fingerprint density at radius 2 is 1.90 bits per heavy atom. The summed E-state index contributed by atoms with van der Waals surface area (Å²) in [6.07, 6.45) is -0.782. The molecule has 0 saturated carbocycles. The van der Waals surface area contributed by atoms with Gasteiger partial charge in [0.1, 0.15) is 18.4 Å². The van der Waals surface area contributed by atoms with Crippen LogP contribution in [0.4, 0.5) is 14.5 Å². The number of hydrogen-bond acceptors (Lipinski definition) is 4. The second kappa shape index (κ2) is 11.4. The normalized spacial score (nSPS) is 13.2. The van der Waals surface area contributed by atoms with Crippen LogP contribution in [0.1, 0.15) is 24.5 Å². The maximum atomic E-state index is 14.2. The van der Waals surface area contributed by atoms with E-state index in [9.17, 15) is 18.7 Å². The minimum atomic E-state index is -0.933. The van der Waals surface area contributed by atoms with E-state index >= 15 is 0 Å². The molecule has 2 N–H and O–H groups in total. The van der Waals surface area contributed by atoms with Gasteiger partial charge in [-0.15, -0.1) is 0 Å². The number of ether oxygens (including phenoxy) is 2. The predicted molar refractivity (Wildman–Crippen MR) is 107 cm³/mol. The summed E-state index contributed by atoms with van der Waals surface area (Å²) in [5, 5.41) is 13.0. The van der Waals surface area contributed by atoms with Gasteiger partial charge in [0.05, 0.1) is 21.8 Å². The molecule has 2 unspecified atom stereocenters. The molecule has 0 radical (unpaired) electrons. The lowest BCUT2D eigenvalue weighted by molar-refractivity contribution is -0.118. The number of anilines is 1. The van der Waals surface area contributed by atoms with Gasteiger partial charge in [-0.3, -0.25) is 4.79 Å². The van der Waals surface area contributed by atoms with E-state index in [1.165, 1.54) is 13.2 Å². The Balaban J connectivity index is 2.10. The van der Waals surface area contributed by atoms with Crippen LogP contribution in [0.15, 0.2) is 36.4 Å². The highest BCUT2D eigenvalue weighted by molar-refractivity contribution is 6.39. The Labute approximate surface area is 177 Å². The largest absolute Gasteiger partial charge is 0.396 e. The minimum Gasteiger partial charge on any atom is -0.396 e. The second-order valence-electron chi connectivity index (χ2n) is 6.29. The quantitative estimate of drug-likeness (QED) is 0.505. The fraction of sp³-hybridized carbons (Fsp3) is 0.350. The molecular formula is C20H21Cl2F2NO4. The highest BCUT2D eigenvalue weighted by Gasteiger charge is 2.27. The maximum Gasteiger partial charge on any atom is 0.224 e. The first kappa shape index (κ1) is 23.5. The highest BCUT2D eigenvalue weighted by atomic mass is 35.5. The lowest BCUT2D eigenvalue weighted by Crippen LogP contribution is -2.24. The number of carbonyl (C=O) groups is 1. The topological polar surface area (TPSA) is 67.8 Å². The zero-order valence-electron chi connectivity index (χ0n) is 15.6. The molecule has 1 amide bonds. The number of nitrogens with one attached hydrogen (secondary N) is 1. The van der Waals surface area contributed by atoms with Gasteiger partial charge in [0, 0.05) is 37.7 Å². The average Bonchev–Trinajstić information content (AvgIpc) is 2.68. The molecule has 2 aromatic rings. The van der Waals surface area contributed by atoms with Gasteiger partial charge in [0.15, 0.2) is 0 Å². The summed E-state index contributed by atoms with van der Waals surface area (Å²) in [5.41, 5.74) is 0.357. The molecule has 0 saturated heterocycles. The van der Waals surface area contributed by atoms with Gasteiger partial charge in [-0.05, 0) is 24.6 Å². The Morgan fingerprint density at radius 1 is 1.21 bits per heavy atom. The van der Waals surface area contributed by atoms with E-state index in [0.717, 1.165) is 12.1 Å². The van der Waals surface area contributed by atoms with Gasteiger partial charge >= 0.3 is 0 Å². The highest BCUT2D eigenvalue weighted by Crippen LogP contribution is 2.33. The third-order valence-electron chi connectivity index (χ3n) is 4.27. The SMILES string of the molecule is COCOC(c1ccc(F)cc1F)C(CO)CCC(=O)Nc1c(Cl)cccc1Cl. The van der Waals surface area contributed by atoms with Gasteiger partial charge < -0.3 is 19.9 Å².